The Morgan fingerprint density at radius 2 is 1.87 bits per heavy atom. The van der Waals surface area contributed by atoms with Gasteiger partial charge < -0.3 is 15.9 Å². The first-order valence-electron chi connectivity index (χ1n) is 10.3. The van der Waals surface area contributed by atoms with Crippen molar-refractivity contribution < 1.29 is 14.6 Å². The zero-order chi connectivity index (χ0) is 21.3. The first-order chi connectivity index (χ1) is 14.4. The molecule has 0 aliphatic heterocycles. The molecule has 3 unspecified atom stereocenters. The second kappa shape index (κ2) is 8.07. The van der Waals surface area contributed by atoms with E-state index in [0.29, 0.717) is 12.1 Å². The number of aromatic hydroxyl groups is 1. The summed E-state index contributed by atoms with van der Waals surface area (Å²) in [6.07, 6.45) is 6.62. The van der Waals surface area contributed by atoms with Crippen LogP contribution in [0.25, 0.3) is 0 Å². The van der Waals surface area contributed by atoms with Gasteiger partial charge in [-0.25, -0.2) is 9.38 Å². The molecule has 1 saturated carbocycles. The second-order valence-corrected chi connectivity index (χ2v) is 8.46. The molecular weight excluding hydrogens is 379 g/mol. The molecule has 1 fully saturated rings. The number of halogens is 1. The van der Waals surface area contributed by atoms with Gasteiger partial charge in [0.2, 0.25) is 0 Å². The van der Waals surface area contributed by atoms with Gasteiger partial charge in [-0.15, -0.1) is 0 Å². The van der Waals surface area contributed by atoms with E-state index >= 15 is 0 Å². The fourth-order valence-electron chi connectivity index (χ4n) is 4.89. The average Bonchev–Trinajstić information content (AvgIpc) is 2.74. The van der Waals surface area contributed by atoms with E-state index in [0.717, 1.165) is 36.1 Å². The predicted octanol–water partition coefficient (Wildman–Crippen LogP) is 5.32. The van der Waals surface area contributed by atoms with E-state index in [1.807, 2.05) is 0 Å². The first kappa shape index (κ1) is 20.4. The Labute approximate surface area is 176 Å². The van der Waals surface area contributed by atoms with Crippen LogP contribution in [0.4, 0.5) is 10.1 Å². The number of nitrogens with zero attached hydrogens (tertiary/aromatic N) is 1. The largest absolute Gasteiger partial charge is 0.508 e. The number of rotatable bonds is 3. The van der Waals surface area contributed by atoms with Crippen molar-refractivity contribution in [1.82, 2.24) is 0 Å². The zero-order valence-electron chi connectivity index (χ0n) is 17.1. The number of phenolic OH excluding ortho intramolecular Hbond substituents is 1. The molecule has 0 saturated heterocycles. The summed E-state index contributed by atoms with van der Waals surface area (Å²) in [5, 5.41) is 20.8. The van der Waals surface area contributed by atoms with Gasteiger partial charge >= 0.3 is 0 Å². The highest BCUT2D eigenvalue weighted by Gasteiger charge is 2.46. The highest BCUT2D eigenvalue weighted by Crippen LogP contribution is 2.55. The monoisotopic (exact) mass is 406 g/mol. The highest BCUT2D eigenvalue weighted by molar-refractivity contribution is 6.11. The van der Waals surface area contributed by atoms with Gasteiger partial charge in [-0.2, -0.15) is 0 Å². The topological polar surface area (TPSA) is 78.8 Å². The molecule has 2 aromatic carbocycles. The Balaban J connectivity index is 1.70. The second-order valence-electron chi connectivity index (χ2n) is 8.46. The number of hydrogen-bond acceptors (Lipinski definition) is 4. The van der Waals surface area contributed by atoms with Gasteiger partial charge in [0.05, 0.1) is 17.5 Å². The summed E-state index contributed by atoms with van der Waals surface area (Å²) in [5.74, 6) is -0.0696. The van der Waals surface area contributed by atoms with E-state index in [4.69, 9.17) is 10.7 Å². The molecular formula is C25H27FN2O2. The molecule has 4 N–H and O–H groups in total. The number of phenols is 1. The van der Waals surface area contributed by atoms with Crippen LogP contribution in [0.15, 0.2) is 76.9 Å². The molecule has 2 aliphatic carbocycles. The molecule has 4 rings (SSSR count). The number of aliphatic hydroxyl groups is 1. The lowest BCUT2D eigenvalue weighted by Crippen LogP contribution is -2.40. The van der Waals surface area contributed by atoms with Gasteiger partial charge in [0, 0.05) is 0 Å². The predicted molar refractivity (Wildman–Crippen MR) is 117 cm³/mol. The molecule has 0 heterocycles. The fourth-order valence-corrected chi connectivity index (χ4v) is 4.89. The van der Waals surface area contributed by atoms with Crippen LogP contribution < -0.4 is 5.73 Å². The van der Waals surface area contributed by atoms with E-state index in [-0.39, 0.29) is 22.9 Å². The molecule has 0 spiro atoms. The normalized spacial score (nSPS) is 27.6. The van der Waals surface area contributed by atoms with E-state index < -0.39 is 6.10 Å². The quantitative estimate of drug-likeness (QED) is 0.646. The van der Waals surface area contributed by atoms with Crippen molar-refractivity contribution in [1.29, 1.82) is 0 Å². The summed E-state index contributed by atoms with van der Waals surface area (Å²) in [5.41, 5.74) is 10.2. The van der Waals surface area contributed by atoms with Crippen molar-refractivity contribution in [3.05, 3.63) is 83.3 Å². The summed E-state index contributed by atoms with van der Waals surface area (Å²) >= 11 is 0. The van der Waals surface area contributed by atoms with E-state index in [1.54, 1.807) is 42.6 Å². The van der Waals surface area contributed by atoms with Gasteiger partial charge in [-0.1, -0.05) is 24.6 Å². The number of allylic oxidation sites excluding steroid dienone is 3. The van der Waals surface area contributed by atoms with Crippen molar-refractivity contribution in [2.45, 2.75) is 38.7 Å². The molecule has 30 heavy (non-hydrogen) atoms. The minimum absolute atomic E-state index is 0.0318. The molecule has 0 radical (unpaired) electrons. The van der Waals surface area contributed by atoms with Crippen LogP contribution in [0.2, 0.25) is 0 Å². The van der Waals surface area contributed by atoms with Crippen LogP contribution in [-0.4, -0.2) is 15.9 Å². The van der Waals surface area contributed by atoms with Crippen molar-refractivity contribution in [3.8, 4) is 5.75 Å². The first-order valence-corrected chi connectivity index (χ1v) is 10.3. The Kier molecular flexibility index (Phi) is 5.48. The number of aliphatic imine (C=N–C) groups is 1. The van der Waals surface area contributed by atoms with Crippen LogP contribution in [0.5, 0.6) is 5.75 Å². The maximum absolute atomic E-state index is 13.2. The lowest BCUT2D eigenvalue weighted by molar-refractivity contribution is 0.0217. The summed E-state index contributed by atoms with van der Waals surface area (Å²) in [7, 11) is 0. The third-order valence-electron chi connectivity index (χ3n) is 6.60. The lowest BCUT2D eigenvalue weighted by atomic mass is 9.57. The van der Waals surface area contributed by atoms with E-state index in [1.165, 1.54) is 17.7 Å². The van der Waals surface area contributed by atoms with Crippen LogP contribution in [0.3, 0.4) is 0 Å². The van der Waals surface area contributed by atoms with Crippen LogP contribution in [-0.2, 0) is 0 Å². The van der Waals surface area contributed by atoms with Crippen LogP contribution >= 0.6 is 0 Å². The minimum atomic E-state index is -0.631. The number of aliphatic hydroxyl groups excluding tert-OH is 1. The summed E-state index contributed by atoms with van der Waals surface area (Å²) in [6.45, 7) is 2.20. The van der Waals surface area contributed by atoms with Crippen molar-refractivity contribution in [3.63, 3.8) is 0 Å². The molecule has 0 bridgehead atoms. The molecule has 2 aliphatic rings. The Bertz CT molecular complexity index is 1010. The number of fused-ring (bicyclic) bond motifs is 1. The Morgan fingerprint density at radius 1 is 1.17 bits per heavy atom. The van der Waals surface area contributed by atoms with Crippen molar-refractivity contribution in [2.24, 2.45) is 22.1 Å². The van der Waals surface area contributed by atoms with Gasteiger partial charge in [0.15, 0.2) is 0 Å². The maximum Gasteiger partial charge on any atom is 0.123 e. The number of benzene rings is 2. The average molecular weight is 407 g/mol. The number of hydrogen-bond donors (Lipinski definition) is 3. The molecule has 156 valence electrons. The SMILES string of the molecule is CC12CC(=CN)C(=Nc3ccc(F)cc3)C=C1CCCC2C(O)c1ccc(O)cc1. The summed E-state index contributed by atoms with van der Waals surface area (Å²) in [4.78, 5) is 4.71. The molecule has 0 amide bonds. The van der Waals surface area contributed by atoms with Crippen molar-refractivity contribution >= 4 is 11.4 Å². The summed E-state index contributed by atoms with van der Waals surface area (Å²) < 4.78 is 13.2. The van der Waals surface area contributed by atoms with Crippen LogP contribution in [0, 0.1) is 17.2 Å². The smallest absolute Gasteiger partial charge is 0.123 e. The van der Waals surface area contributed by atoms with E-state index in [2.05, 4.69) is 13.0 Å². The van der Waals surface area contributed by atoms with E-state index in [9.17, 15) is 14.6 Å². The standard InChI is InChI=1S/C25H27FN2O2/c1-25-14-17(15-27)23(28-20-9-7-19(26)8-10-20)13-18(25)3-2-4-22(25)24(30)16-5-11-21(29)12-6-16/h5-13,15,22,24,29-30H,2-4,14,27H2,1H3. The van der Waals surface area contributed by atoms with Gasteiger partial charge in [-0.3, -0.25) is 0 Å². The molecule has 5 heteroatoms. The third-order valence-corrected chi connectivity index (χ3v) is 6.60. The molecule has 3 atom stereocenters. The zero-order valence-corrected chi connectivity index (χ0v) is 17.1. The van der Waals surface area contributed by atoms with Gasteiger partial charge in [0.25, 0.3) is 0 Å². The lowest BCUT2D eigenvalue weighted by Gasteiger charge is -2.48. The molecule has 0 aromatic heterocycles. The van der Waals surface area contributed by atoms with Gasteiger partial charge in [-0.05, 0) is 96.8 Å². The van der Waals surface area contributed by atoms with Gasteiger partial charge in [0.1, 0.15) is 11.6 Å². The third kappa shape index (κ3) is 3.77. The molecule has 4 nitrogen and oxygen atoms in total. The van der Waals surface area contributed by atoms with Crippen molar-refractivity contribution in [2.75, 3.05) is 0 Å². The minimum Gasteiger partial charge on any atom is -0.508 e. The highest BCUT2D eigenvalue weighted by atomic mass is 19.1. The fraction of sp³-hybridized carbons (Fsp3) is 0.320. The number of nitrogens with two attached hydrogens (primary N) is 1. The maximum atomic E-state index is 13.2. The summed E-state index contributed by atoms with van der Waals surface area (Å²) in [6, 6.07) is 12.9. The Morgan fingerprint density at radius 3 is 2.53 bits per heavy atom. The van der Waals surface area contributed by atoms with Crippen LogP contribution in [0.1, 0.15) is 44.3 Å². The Hall–Kier alpha value is -2.92. The molecule has 2 aromatic rings.